The molecule has 1 heterocycles. The summed E-state index contributed by atoms with van der Waals surface area (Å²) in [5, 5.41) is 3.04. The van der Waals surface area contributed by atoms with E-state index in [0.29, 0.717) is 6.61 Å². The van der Waals surface area contributed by atoms with Crippen LogP contribution in [0.3, 0.4) is 0 Å². The lowest BCUT2D eigenvalue weighted by molar-refractivity contribution is -0.126. The van der Waals surface area contributed by atoms with Gasteiger partial charge in [-0.1, -0.05) is 55.5 Å². The molecule has 0 fully saturated rings. The average Bonchev–Trinajstić information content (AvgIpc) is 2.97. The number of hydrogen-bond acceptors (Lipinski definition) is 3. The zero-order chi connectivity index (χ0) is 15.5. The molecule has 3 N–H and O–H groups in total. The molecule has 0 saturated heterocycles. The van der Waals surface area contributed by atoms with E-state index in [4.69, 9.17) is 10.5 Å². The molecule has 4 heteroatoms. The van der Waals surface area contributed by atoms with Crippen molar-refractivity contribution in [1.29, 1.82) is 0 Å². The van der Waals surface area contributed by atoms with Crippen molar-refractivity contribution in [2.75, 3.05) is 6.61 Å². The van der Waals surface area contributed by atoms with E-state index in [1.54, 1.807) is 0 Å². The monoisotopic (exact) mass is 296 g/mol. The van der Waals surface area contributed by atoms with Crippen molar-refractivity contribution in [3.05, 3.63) is 65.7 Å². The fourth-order valence-electron chi connectivity index (χ4n) is 2.71. The SMILES string of the molecule is CC(C(=O)NC1COc2ccccc21)C(N)c1ccccc1. The summed E-state index contributed by atoms with van der Waals surface area (Å²) in [5.74, 6) is 0.477. The zero-order valence-corrected chi connectivity index (χ0v) is 12.5. The fraction of sp³-hybridized carbons (Fsp3) is 0.278. The molecule has 0 aromatic heterocycles. The molecule has 3 rings (SSSR count). The van der Waals surface area contributed by atoms with Crippen molar-refractivity contribution in [1.82, 2.24) is 5.32 Å². The van der Waals surface area contributed by atoms with Gasteiger partial charge in [0, 0.05) is 11.6 Å². The summed E-state index contributed by atoms with van der Waals surface area (Å²) >= 11 is 0. The molecule has 3 unspecified atom stereocenters. The van der Waals surface area contributed by atoms with Gasteiger partial charge in [0.25, 0.3) is 0 Å². The molecule has 1 aliphatic heterocycles. The number of amides is 1. The van der Waals surface area contributed by atoms with E-state index in [0.717, 1.165) is 16.9 Å². The number of rotatable bonds is 4. The molecule has 1 aliphatic rings. The number of benzene rings is 2. The summed E-state index contributed by atoms with van der Waals surface area (Å²) in [6.45, 7) is 2.33. The van der Waals surface area contributed by atoms with Gasteiger partial charge in [0.05, 0.1) is 12.0 Å². The Morgan fingerprint density at radius 3 is 2.64 bits per heavy atom. The Morgan fingerprint density at radius 1 is 1.18 bits per heavy atom. The van der Waals surface area contributed by atoms with Gasteiger partial charge in [0.15, 0.2) is 0 Å². The maximum atomic E-state index is 12.5. The van der Waals surface area contributed by atoms with Crippen molar-refractivity contribution in [2.24, 2.45) is 11.7 Å². The Balaban J connectivity index is 1.68. The lowest BCUT2D eigenvalue weighted by atomic mass is 9.94. The summed E-state index contributed by atoms with van der Waals surface area (Å²) in [6.07, 6.45) is 0. The Kier molecular flexibility index (Phi) is 4.11. The molecular formula is C18H20N2O2. The maximum Gasteiger partial charge on any atom is 0.225 e. The van der Waals surface area contributed by atoms with Crippen molar-refractivity contribution in [3.63, 3.8) is 0 Å². The number of nitrogens with two attached hydrogens (primary N) is 1. The quantitative estimate of drug-likeness (QED) is 0.911. The Labute approximate surface area is 130 Å². The highest BCUT2D eigenvalue weighted by Crippen LogP contribution is 2.32. The summed E-state index contributed by atoms with van der Waals surface area (Å²) < 4.78 is 5.59. The van der Waals surface area contributed by atoms with Gasteiger partial charge in [-0.2, -0.15) is 0 Å². The van der Waals surface area contributed by atoms with Crippen LogP contribution in [-0.4, -0.2) is 12.5 Å². The Hall–Kier alpha value is -2.33. The molecule has 2 aromatic carbocycles. The molecule has 4 nitrogen and oxygen atoms in total. The predicted octanol–water partition coefficient (Wildman–Crippen LogP) is 2.57. The second-order valence-electron chi connectivity index (χ2n) is 5.64. The molecule has 0 bridgehead atoms. The van der Waals surface area contributed by atoms with E-state index in [1.165, 1.54) is 0 Å². The van der Waals surface area contributed by atoms with Gasteiger partial charge in [-0.25, -0.2) is 0 Å². The summed E-state index contributed by atoms with van der Waals surface area (Å²) in [6, 6.07) is 17.0. The molecule has 0 saturated carbocycles. The molecule has 2 aromatic rings. The van der Waals surface area contributed by atoms with Crippen LogP contribution in [0, 0.1) is 5.92 Å². The Morgan fingerprint density at radius 2 is 1.86 bits per heavy atom. The number of para-hydroxylation sites is 1. The highest BCUT2D eigenvalue weighted by Gasteiger charge is 2.29. The average molecular weight is 296 g/mol. The molecule has 3 atom stereocenters. The summed E-state index contributed by atoms with van der Waals surface area (Å²) in [5.41, 5.74) is 8.21. The molecule has 0 radical (unpaired) electrons. The number of hydrogen-bond donors (Lipinski definition) is 2. The van der Waals surface area contributed by atoms with E-state index >= 15 is 0 Å². The van der Waals surface area contributed by atoms with Crippen LogP contribution in [0.25, 0.3) is 0 Å². The van der Waals surface area contributed by atoms with E-state index in [-0.39, 0.29) is 23.9 Å². The van der Waals surface area contributed by atoms with E-state index in [9.17, 15) is 4.79 Å². The van der Waals surface area contributed by atoms with Gasteiger partial charge in [0.2, 0.25) is 5.91 Å². The first-order chi connectivity index (χ1) is 10.7. The topological polar surface area (TPSA) is 64.3 Å². The lowest BCUT2D eigenvalue weighted by Crippen LogP contribution is -2.38. The minimum atomic E-state index is -0.321. The highest BCUT2D eigenvalue weighted by molar-refractivity contribution is 5.80. The number of carbonyl (C=O) groups is 1. The van der Waals surface area contributed by atoms with Gasteiger partial charge < -0.3 is 15.8 Å². The molecule has 0 spiro atoms. The highest BCUT2D eigenvalue weighted by atomic mass is 16.5. The van der Waals surface area contributed by atoms with Gasteiger partial charge in [0.1, 0.15) is 12.4 Å². The molecule has 0 aliphatic carbocycles. The van der Waals surface area contributed by atoms with Crippen LogP contribution in [0.2, 0.25) is 0 Å². The van der Waals surface area contributed by atoms with Gasteiger partial charge >= 0.3 is 0 Å². The Bertz CT molecular complexity index is 657. The second kappa shape index (κ2) is 6.20. The number of ether oxygens (including phenoxy) is 1. The van der Waals surface area contributed by atoms with Crippen LogP contribution < -0.4 is 15.8 Å². The minimum Gasteiger partial charge on any atom is -0.491 e. The third-order valence-corrected chi connectivity index (χ3v) is 4.15. The van der Waals surface area contributed by atoms with Crippen LogP contribution in [0.4, 0.5) is 0 Å². The third kappa shape index (κ3) is 2.83. The largest absolute Gasteiger partial charge is 0.491 e. The van der Waals surface area contributed by atoms with Crippen LogP contribution >= 0.6 is 0 Å². The zero-order valence-electron chi connectivity index (χ0n) is 12.5. The van der Waals surface area contributed by atoms with Crippen molar-refractivity contribution < 1.29 is 9.53 Å². The van der Waals surface area contributed by atoms with Gasteiger partial charge in [-0.3, -0.25) is 4.79 Å². The van der Waals surface area contributed by atoms with Gasteiger partial charge in [-0.05, 0) is 11.6 Å². The molecule has 1 amide bonds. The van der Waals surface area contributed by atoms with E-state index in [1.807, 2.05) is 61.5 Å². The molecule has 22 heavy (non-hydrogen) atoms. The third-order valence-electron chi connectivity index (χ3n) is 4.15. The summed E-state index contributed by atoms with van der Waals surface area (Å²) in [4.78, 5) is 12.5. The van der Waals surface area contributed by atoms with Crippen molar-refractivity contribution in [2.45, 2.75) is 19.0 Å². The summed E-state index contributed by atoms with van der Waals surface area (Å²) in [7, 11) is 0. The van der Waals surface area contributed by atoms with Crippen LogP contribution in [0.15, 0.2) is 54.6 Å². The van der Waals surface area contributed by atoms with Crippen LogP contribution in [-0.2, 0) is 4.79 Å². The van der Waals surface area contributed by atoms with E-state index in [2.05, 4.69) is 5.32 Å². The smallest absolute Gasteiger partial charge is 0.225 e. The normalized spacial score (nSPS) is 18.9. The fourth-order valence-corrected chi connectivity index (χ4v) is 2.71. The number of fused-ring (bicyclic) bond motifs is 1. The molecular weight excluding hydrogens is 276 g/mol. The van der Waals surface area contributed by atoms with Crippen LogP contribution in [0.1, 0.15) is 30.1 Å². The molecule has 114 valence electrons. The first-order valence-corrected chi connectivity index (χ1v) is 7.49. The predicted molar refractivity (Wildman–Crippen MR) is 85.4 cm³/mol. The number of nitrogens with one attached hydrogen (secondary N) is 1. The number of carbonyl (C=O) groups excluding carboxylic acids is 1. The minimum absolute atomic E-state index is 0.0540. The van der Waals surface area contributed by atoms with Crippen molar-refractivity contribution >= 4 is 5.91 Å². The lowest BCUT2D eigenvalue weighted by Gasteiger charge is -2.21. The van der Waals surface area contributed by atoms with Crippen LogP contribution in [0.5, 0.6) is 5.75 Å². The maximum absolute atomic E-state index is 12.5. The second-order valence-corrected chi connectivity index (χ2v) is 5.64. The van der Waals surface area contributed by atoms with E-state index < -0.39 is 0 Å². The first kappa shape index (κ1) is 14.6. The first-order valence-electron chi connectivity index (χ1n) is 7.49. The van der Waals surface area contributed by atoms with Crippen molar-refractivity contribution in [3.8, 4) is 5.75 Å². The van der Waals surface area contributed by atoms with Gasteiger partial charge in [-0.15, -0.1) is 0 Å². The standard InChI is InChI=1S/C18H20N2O2/c1-12(17(19)13-7-3-2-4-8-13)18(21)20-15-11-22-16-10-6-5-9-14(15)16/h2-10,12,15,17H,11,19H2,1H3,(H,20,21).